The van der Waals surface area contributed by atoms with E-state index in [9.17, 15) is 0 Å². The lowest BCUT2D eigenvalue weighted by atomic mass is 10.2. The highest BCUT2D eigenvalue weighted by atomic mass is 79.9. The minimum Gasteiger partial charge on any atom is -0.338 e. The predicted molar refractivity (Wildman–Crippen MR) is 71.4 cm³/mol. The molecule has 0 atom stereocenters. The number of nitrogens with zero attached hydrogens (tertiary/aromatic N) is 2. The Kier molecular flexibility index (Phi) is 3.62. The molecular formula is C12H7BrClN3. The fourth-order valence-corrected chi connectivity index (χ4v) is 2.03. The molecule has 1 aromatic carbocycles. The van der Waals surface area contributed by atoms with E-state index in [2.05, 4.69) is 32.3 Å². The molecule has 1 heterocycles. The molecule has 1 N–H and O–H groups in total. The molecule has 1 aromatic heterocycles. The Morgan fingerprint density at radius 1 is 1.35 bits per heavy atom. The van der Waals surface area contributed by atoms with Gasteiger partial charge in [-0.1, -0.05) is 27.5 Å². The normalized spacial score (nSPS) is 9.71. The Morgan fingerprint density at radius 3 is 2.88 bits per heavy atom. The molecular weight excluding hydrogens is 302 g/mol. The van der Waals surface area contributed by atoms with Crippen LogP contribution < -0.4 is 5.32 Å². The molecule has 5 heteroatoms. The van der Waals surface area contributed by atoms with Gasteiger partial charge in [0.1, 0.15) is 11.9 Å². The largest absolute Gasteiger partial charge is 0.338 e. The molecule has 2 aromatic rings. The van der Waals surface area contributed by atoms with Crippen LogP contribution in [0.2, 0.25) is 5.02 Å². The molecule has 0 aliphatic heterocycles. The van der Waals surface area contributed by atoms with Crippen molar-refractivity contribution in [3.05, 3.63) is 51.6 Å². The lowest BCUT2D eigenvalue weighted by Gasteiger charge is -2.08. The molecule has 2 rings (SSSR count). The van der Waals surface area contributed by atoms with Crippen molar-refractivity contribution in [3.8, 4) is 6.07 Å². The number of benzene rings is 1. The minimum atomic E-state index is 0.478. The molecule has 17 heavy (non-hydrogen) atoms. The van der Waals surface area contributed by atoms with Gasteiger partial charge in [0.05, 0.1) is 16.3 Å². The number of halogens is 2. The van der Waals surface area contributed by atoms with Crippen LogP contribution in [0.4, 0.5) is 11.5 Å². The van der Waals surface area contributed by atoms with Crippen molar-refractivity contribution >= 4 is 39.0 Å². The van der Waals surface area contributed by atoms with Crippen molar-refractivity contribution in [1.29, 1.82) is 5.26 Å². The van der Waals surface area contributed by atoms with Crippen molar-refractivity contribution in [2.24, 2.45) is 0 Å². The van der Waals surface area contributed by atoms with Gasteiger partial charge in [0, 0.05) is 10.7 Å². The maximum atomic E-state index is 8.94. The van der Waals surface area contributed by atoms with Crippen LogP contribution in [0.15, 0.2) is 41.0 Å². The zero-order valence-corrected chi connectivity index (χ0v) is 11.0. The number of pyridine rings is 1. The second-order valence-corrected chi connectivity index (χ2v) is 4.58. The molecule has 0 bridgehead atoms. The van der Waals surface area contributed by atoms with Crippen LogP contribution >= 0.6 is 27.5 Å². The molecule has 0 unspecified atom stereocenters. The first-order chi connectivity index (χ1) is 8.20. The Bertz CT molecular complexity index is 593. The smallest absolute Gasteiger partial charge is 0.148 e. The van der Waals surface area contributed by atoms with Gasteiger partial charge in [0.2, 0.25) is 0 Å². The van der Waals surface area contributed by atoms with Gasteiger partial charge >= 0.3 is 0 Å². The standard InChI is InChI=1S/C12H7BrClN3/c13-9-3-4-11(10(14)6-9)17-12-8(7-15)2-1-5-16-12/h1-6H,(H,16,17). The van der Waals surface area contributed by atoms with Gasteiger partial charge in [-0.2, -0.15) is 5.26 Å². The Morgan fingerprint density at radius 2 is 2.18 bits per heavy atom. The maximum absolute atomic E-state index is 8.94. The third-order valence-electron chi connectivity index (χ3n) is 2.11. The summed E-state index contributed by atoms with van der Waals surface area (Å²) in [4.78, 5) is 4.10. The fraction of sp³-hybridized carbons (Fsp3) is 0. The predicted octanol–water partition coefficient (Wildman–Crippen LogP) is 4.11. The van der Waals surface area contributed by atoms with E-state index in [0.717, 1.165) is 4.47 Å². The van der Waals surface area contributed by atoms with Crippen molar-refractivity contribution in [3.63, 3.8) is 0 Å². The van der Waals surface area contributed by atoms with Gasteiger partial charge in [-0.05, 0) is 30.3 Å². The topological polar surface area (TPSA) is 48.7 Å². The summed E-state index contributed by atoms with van der Waals surface area (Å²) < 4.78 is 0.898. The number of nitriles is 1. The van der Waals surface area contributed by atoms with E-state index in [1.165, 1.54) is 0 Å². The zero-order valence-electron chi connectivity index (χ0n) is 8.61. The van der Waals surface area contributed by atoms with Gasteiger partial charge in [-0.3, -0.25) is 0 Å². The summed E-state index contributed by atoms with van der Waals surface area (Å²) in [6, 6.07) is 10.9. The van der Waals surface area contributed by atoms with E-state index < -0.39 is 0 Å². The average molecular weight is 309 g/mol. The van der Waals surface area contributed by atoms with E-state index in [-0.39, 0.29) is 0 Å². The van der Waals surface area contributed by atoms with Crippen LogP contribution in [0.5, 0.6) is 0 Å². The number of hydrogen-bond donors (Lipinski definition) is 1. The first kappa shape index (κ1) is 11.9. The molecule has 0 saturated heterocycles. The summed E-state index contributed by atoms with van der Waals surface area (Å²) >= 11 is 9.40. The van der Waals surface area contributed by atoms with E-state index >= 15 is 0 Å². The summed E-state index contributed by atoms with van der Waals surface area (Å²) in [6.07, 6.45) is 1.62. The molecule has 0 saturated carbocycles. The van der Waals surface area contributed by atoms with Gasteiger partial charge in [-0.25, -0.2) is 4.98 Å². The lowest BCUT2D eigenvalue weighted by Crippen LogP contribution is -1.96. The first-order valence-electron chi connectivity index (χ1n) is 4.78. The Balaban J connectivity index is 2.35. The van der Waals surface area contributed by atoms with Gasteiger partial charge < -0.3 is 5.32 Å². The molecule has 0 radical (unpaired) electrons. The van der Waals surface area contributed by atoms with Crippen LogP contribution in [-0.2, 0) is 0 Å². The van der Waals surface area contributed by atoms with Crippen LogP contribution in [0, 0.1) is 11.3 Å². The van der Waals surface area contributed by atoms with Crippen LogP contribution in [0.3, 0.4) is 0 Å². The highest BCUT2D eigenvalue weighted by molar-refractivity contribution is 9.10. The van der Waals surface area contributed by atoms with Crippen LogP contribution in [-0.4, -0.2) is 4.98 Å². The van der Waals surface area contributed by atoms with E-state index in [1.54, 1.807) is 24.4 Å². The van der Waals surface area contributed by atoms with Crippen LogP contribution in [0.25, 0.3) is 0 Å². The summed E-state index contributed by atoms with van der Waals surface area (Å²) in [5, 5.41) is 12.5. The molecule has 0 aliphatic carbocycles. The monoisotopic (exact) mass is 307 g/mol. The maximum Gasteiger partial charge on any atom is 0.148 e. The fourth-order valence-electron chi connectivity index (χ4n) is 1.31. The van der Waals surface area contributed by atoms with Crippen molar-refractivity contribution in [2.45, 2.75) is 0 Å². The SMILES string of the molecule is N#Cc1cccnc1Nc1ccc(Br)cc1Cl. The lowest BCUT2D eigenvalue weighted by molar-refractivity contribution is 1.28. The van der Waals surface area contributed by atoms with Crippen molar-refractivity contribution in [2.75, 3.05) is 5.32 Å². The van der Waals surface area contributed by atoms with Gasteiger partial charge in [0.25, 0.3) is 0 Å². The Hall–Kier alpha value is -1.57. The minimum absolute atomic E-state index is 0.478. The first-order valence-corrected chi connectivity index (χ1v) is 5.95. The number of anilines is 2. The van der Waals surface area contributed by atoms with Crippen molar-refractivity contribution in [1.82, 2.24) is 4.98 Å². The average Bonchev–Trinajstić information content (AvgIpc) is 2.33. The highest BCUT2D eigenvalue weighted by Crippen LogP contribution is 2.28. The molecule has 0 aliphatic rings. The summed E-state index contributed by atoms with van der Waals surface area (Å²) in [6.45, 7) is 0. The summed E-state index contributed by atoms with van der Waals surface area (Å²) in [5.41, 5.74) is 1.19. The number of nitrogens with one attached hydrogen (secondary N) is 1. The molecule has 84 valence electrons. The summed E-state index contributed by atoms with van der Waals surface area (Å²) in [7, 11) is 0. The van der Waals surface area contributed by atoms with E-state index in [1.807, 2.05) is 12.1 Å². The molecule has 0 fully saturated rings. The second-order valence-electron chi connectivity index (χ2n) is 3.26. The van der Waals surface area contributed by atoms with Gasteiger partial charge in [-0.15, -0.1) is 0 Å². The quantitative estimate of drug-likeness (QED) is 0.908. The molecule has 0 spiro atoms. The van der Waals surface area contributed by atoms with Crippen molar-refractivity contribution < 1.29 is 0 Å². The Labute approximate surface area is 112 Å². The van der Waals surface area contributed by atoms with E-state index in [4.69, 9.17) is 16.9 Å². The highest BCUT2D eigenvalue weighted by Gasteiger charge is 2.05. The number of rotatable bonds is 2. The summed E-state index contributed by atoms with van der Waals surface area (Å²) in [5.74, 6) is 0.499. The third-order valence-corrected chi connectivity index (χ3v) is 2.92. The second kappa shape index (κ2) is 5.17. The van der Waals surface area contributed by atoms with Crippen LogP contribution in [0.1, 0.15) is 5.56 Å². The molecule has 0 amide bonds. The number of hydrogen-bond acceptors (Lipinski definition) is 3. The molecule has 3 nitrogen and oxygen atoms in total. The van der Waals surface area contributed by atoms with Gasteiger partial charge in [0.15, 0.2) is 0 Å². The van der Waals surface area contributed by atoms with E-state index in [0.29, 0.717) is 22.1 Å². The third kappa shape index (κ3) is 2.76. The zero-order chi connectivity index (χ0) is 12.3. The number of aromatic nitrogens is 1.